The van der Waals surface area contributed by atoms with E-state index in [2.05, 4.69) is 70.6 Å². The number of anilines is 1. The number of benzene rings is 4. The molecule has 0 saturated carbocycles. The van der Waals surface area contributed by atoms with Crippen molar-refractivity contribution in [2.75, 3.05) is 4.90 Å². The molecule has 1 aliphatic heterocycles. The first kappa shape index (κ1) is 26.4. The minimum absolute atomic E-state index is 0.0773. The summed E-state index contributed by atoms with van der Waals surface area (Å²) in [4.78, 5) is 21.3. The maximum absolute atomic E-state index is 15.1. The largest absolute Gasteiger partial charge is 0.307 e. The third kappa shape index (κ3) is 4.56. The molecule has 2 aromatic heterocycles. The Kier molecular flexibility index (Phi) is 6.56. The normalized spacial score (nSPS) is 15.9. The number of rotatable bonds is 7. The molecule has 0 spiro atoms. The molecule has 0 fully saturated rings. The van der Waals surface area contributed by atoms with E-state index in [1.54, 1.807) is 12.4 Å². The van der Waals surface area contributed by atoms with Crippen LogP contribution in [0.4, 0.5) is 5.69 Å². The maximum atomic E-state index is 15.1. The zero-order valence-corrected chi connectivity index (χ0v) is 23.8. The molecule has 1 atom stereocenters. The topological polar surface area (TPSA) is 85.7 Å². The van der Waals surface area contributed by atoms with Gasteiger partial charge in [0.15, 0.2) is 0 Å². The van der Waals surface area contributed by atoms with Gasteiger partial charge < -0.3 is 4.90 Å². The maximum Gasteiger partial charge on any atom is 0.238 e. The third-order valence-electron chi connectivity index (χ3n) is 8.72. The number of nitrogens with zero attached hydrogens (tertiary/aromatic N) is 4. The van der Waals surface area contributed by atoms with Crippen LogP contribution in [0.2, 0.25) is 0 Å². The Balaban J connectivity index is 1.44. The SMILES string of the molecule is Cc1c(-c2ccc(C#N)cc2)ccc2c1N(Cc1cccc3ccccc13)C(=O)C2(Cc1ccncc1)Cc1cn[nH]c1. The van der Waals surface area contributed by atoms with Crippen LogP contribution < -0.4 is 4.90 Å². The summed E-state index contributed by atoms with van der Waals surface area (Å²) in [7, 11) is 0. The van der Waals surface area contributed by atoms with Crippen molar-refractivity contribution in [2.45, 2.75) is 31.7 Å². The second-order valence-electron chi connectivity index (χ2n) is 11.3. The summed E-state index contributed by atoms with van der Waals surface area (Å²) in [5.41, 5.74) is 7.99. The molecule has 208 valence electrons. The Hall–Kier alpha value is -5.54. The van der Waals surface area contributed by atoms with Gasteiger partial charge in [-0.2, -0.15) is 10.4 Å². The number of nitrogens with one attached hydrogen (secondary N) is 1. The van der Waals surface area contributed by atoms with Gasteiger partial charge in [0.2, 0.25) is 5.91 Å². The van der Waals surface area contributed by atoms with Crippen molar-refractivity contribution < 1.29 is 4.79 Å². The Morgan fingerprint density at radius 1 is 0.884 bits per heavy atom. The second kappa shape index (κ2) is 10.7. The molecular weight excluding hydrogens is 530 g/mol. The Morgan fingerprint density at radius 2 is 1.65 bits per heavy atom. The van der Waals surface area contributed by atoms with Crippen LogP contribution in [0.25, 0.3) is 21.9 Å². The fourth-order valence-electron chi connectivity index (χ4n) is 6.67. The smallest absolute Gasteiger partial charge is 0.238 e. The van der Waals surface area contributed by atoms with Crippen LogP contribution >= 0.6 is 0 Å². The lowest BCUT2D eigenvalue weighted by molar-refractivity contribution is -0.123. The highest BCUT2D eigenvalue weighted by atomic mass is 16.2. The van der Waals surface area contributed by atoms with Crippen molar-refractivity contribution in [3.63, 3.8) is 0 Å². The summed E-state index contributed by atoms with van der Waals surface area (Å²) >= 11 is 0. The van der Waals surface area contributed by atoms with E-state index in [1.807, 2.05) is 65.8 Å². The number of amides is 1. The summed E-state index contributed by atoms with van der Waals surface area (Å²) in [6, 6.07) is 32.7. The van der Waals surface area contributed by atoms with Crippen LogP contribution in [0.15, 0.2) is 116 Å². The van der Waals surface area contributed by atoms with Crippen LogP contribution in [0.1, 0.15) is 33.4 Å². The predicted octanol–water partition coefficient (Wildman–Crippen LogP) is 7.08. The first-order valence-electron chi connectivity index (χ1n) is 14.4. The molecular formula is C37H29N5O. The lowest BCUT2D eigenvalue weighted by atomic mass is 9.72. The standard InChI is InChI=1S/C37H29N5O/c1-25-32(30-11-9-27(21-38)10-12-30)13-14-34-35(25)42(24-31-7-4-6-29-5-2-3-8-33(29)31)36(43)37(34,20-28-22-40-41-23-28)19-26-15-17-39-18-16-26/h2-18,22-23H,19-20,24H2,1H3,(H,40,41). The Bertz CT molecular complexity index is 1990. The fourth-order valence-corrected chi connectivity index (χ4v) is 6.67. The number of aromatic nitrogens is 3. The molecule has 3 heterocycles. The predicted molar refractivity (Wildman–Crippen MR) is 168 cm³/mol. The molecule has 1 N–H and O–H groups in total. The van der Waals surface area contributed by atoms with E-state index < -0.39 is 5.41 Å². The molecule has 43 heavy (non-hydrogen) atoms. The molecule has 1 aliphatic rings. The molecule has 6 aromatic rings. The summed E-state index contributed by atoms with van der Waals surface area (Å²) in [5, 5.41) is 18.8. The molecule has 0 aliphatic carbocycles. The van der Waals surface area contributed by atoms with Crippen LogP contribution in [0.3, 0.4) is 0 Å². The van der Waals surface area contributed by atoms with Crippen LogP contribution in [-0.2, 0) is 29.6 Å². The summed E-state index contributed by atoms with van der Waals surface area (Å²) < 4.78 is 0. The molecule has 4 aromatic carbocycles. The molecule has 1 unspecified atom stereocenters. The van der Waals surface area contributed by atoms with Gasteiger partial charge in [-0.05, 0) is 93.7 Å². The molecule has 0 radical (unpaired) electrons. The van der Waals surface area contributed by atoms with Crippen molar-refractivity contribution in [2.24, 2.45) is 0 Å². The average Bonchev–Trinajstić information content (AvgIpc) is 3.63. The molecule has 1 amide bonds. The van der Waals surface area contributed by atoms with Gasteiger partial charge in [0, 0.05) is 18.6 Å². The molecule has 6 heteroatoms. The van der Waals surface area contributed by atoms with E-state index in [4.69, 9.17) is 0 Å². The summed E-state index contributed by atoms with van der Waals surface area (Å²) in [5.74, 6) is 0.0773. The highest BCUT2D eigenvalue weighted by molar-refractivity contribution is 6.10. The molecule has 7 rings (SSSR count). The van der Waals surface area contributed by atoms with Gasteiger partial charge in [0.05, 0.1) is 35.5 Å². The van der Waals surface area contributed by atoms with Crippen molar-refractivity contribution in [1.82, 2.24) is 15.2 Å². The third-order valence-corrected chi connectivity index (χ3v) is 8.72. The molecule has 6 nitrogen and oxygen atoms in total. The van der Waals surface area contributed by atoms with E-state index in [0.717, 1.165) is 55.4 Å². The first-order chi connectivity index (χ1) is 21.1. The molecule has 0 bridgehead atoms. The van der Waals surface area contributed by atoms with Crippen molar-refractivity contribution in [3.05, 3.63) is 149 Å². The van der Waals surface area contributed by atoms with Gasteiger partial charge in [0.25, 0.3) is 0 Å². The quantitative estimate of drug-likeness (QED) is 0.227. The van der Waals surface area contributed by atoms with Gasteiger partial charge in [-0.3, -0.25) is 14.9 Å². The van der Waals surface area contributed by atoms with Gasteiger partial charge in [-0.15, -0.1) is 0 Å². The Labute approximate surface area is 250 Å². The van der Waals surface area contributed by atoms with E-state index in [9.17, 15) is 5.26 Å². The minimum atomic E-state index is -0.834. The number of aromatic amines is 1. The summed E-state index contributed by atoms with van der Waals surface area (Å²) in [6.07, 6.45) is 8.31. The van der Waals surface area contributed by atoms with Gasteiger partial charge in [-0.25, -0.2) is 0 Å². The van der Waals surface area contributed by atoms with Gasteiger partial charge in [-0.1, -0.05) is 66.7 Å². The number of carbonyl (C=O) groups is 1. The number of H-pyrrole nitrogens is 1. The van der Waals surface area contributed by atoms with Crippen LogP contribution in [0.5, 0.6) is 0 Å². The number of pyridine rings is 1. The number of nitriles is 1. The number of fused-ring (bicyclic) bond motifs is 2. The van der Waals surface area contributed by atoms with Gasteiger partial charge >= 0.3 is 0 Å². The highest BCUT2D eigenvalue weighted by Crippen LogP contribution is 2.50. The zero-order chi connectivity index (χ0) is 29.4. The van der Waals surface area contributed by atoms with E-state index in [0.29, 0.717) is 24.9 Å². The van der Waals surface area contributed by atoms with Crippen LogP contribution in [-0.4, -0.2) is 21.1 Å². The number of carbonyl (C=O) groups excluding carboxylic acids is 1. The van der Waals surface area contributed by atoms with Gasteiger partial charge in [0.1, 0.15) is 0 Å². The van der Waals surface area contributed by atoms with E-state index in [1.165, 1.54) is 0 Å². The lowest BCUT2D eigenvalue weighted by Crippen LogP contribution is -2.43. The molecule has 0 saturated heterocycles. The summed E-state index contributed by atoms with van der Waals surface area (Å²) in [6.45, 7) is 2.56. The van der Waals surface area contributed by atoms with Crippen molar-refractivity contribution >= 4 is 22.4 Å². The zero-order valence-electron chi connectivity index (χ0n) is 23.8. The number of hydrogen-bond acceptors (Lipinski definition) is 4. The highest BCUT2D eigenvalue weighted by Gasteiger charge is 2.51. The lowest BCUT2D eigenvalue weighted by Gasteiger charge is -2.29. The second-order valence-corrected chi connectivity index (χ2v) is 11.3. The van der Waals surface area contributed by atoms with E-state index >= 15 is 4.79 Å². The van der Waals surface area contributed by atoms with Crippen molar-refractivity contribution in [1.29, 1.82) is 5.26 Å². The van der Waals surface area contributed by atoms with E-state index in [-0.39, 0.29) is 5.91 Å². The van der Waals surface area contributed by atoms with Crippen molar-refractivity contribution in [3.8, 4) is 17.2 Å². The number of hydrogen-bond donors (Lipinski definition) is 1. The monoisotopic (exact) mass is 559 g/mol. The Morgan fingerprint density at radius 3 is 2.42 bits per heavy atom. The minimum Gasteiger partial charge on any atom is -0.307 e. The fraction of sp³-hybridized carbons (Fsp3) is 0.135. The first-order valence-corrected chi connectivity index (χ1v) is 14.4. The van der Waals surface area contributed by atoms with Crippen LogP contribution in [0, 0.1) is 18.3 Å². The average molecular weight is 560 g/mol.